The molecule has 2 aliphatic rings. The molecule has 2 fully saturated rings. The minimum atomic E-state index is 0.207. The number of carbonyl (C=O) groups is 1. The van der Waals surface area contributed by atoms with E-state index in [4.69, 9.17) is 0 Å². The lowest BCUT2D eigenvalue weighted by Gasteiger charge is -2.12. The van der Waals surface area contributed by atoms with Crippen LogP contribution in [0.15, 0.2) is 0 Å². The molecule has 0 spiro atoms. The topological polar surface area (TPSA) is 41.1 Å². The third-order valence-electron chi connectivity index (χ3n) is 3.16. The Hall–Kier alpha value is -0.220. The van der Waals surface area contributed by atoms with Crippen LogP contribution in [0.1, 0.15) is 32.1 Å². The third-order valence-corrected chi connectivity index (χ3v) is 4.58. The van der Waals surface area contributed by atoms with Crippen molar-refractivity contribution >= 4 is 17.7 Å². The van der Waals surface area contributed by atoms with Gasteiger partial charge in [0.05, 0.1) is 0 Å². The van der Waals surface area contributed by atoms with Crippen LogP contribution in [0.25, 0.3) is 0 Å². The van der Waals surface area contributed by atoms with Crippen LogP contribution in [0.3, 0.4) is 0 Å². The van der Waals surface area contributed by atoms with Crippen molar-refractivity contribution in [2.75, 3.05) is 19.3 Å². The van der Waals surface area contributed by atoms with E-state index in [1.165, 1.54) is 25.7 Å². The first kappa shape index (κ1) is 11.3. The van der Waals surface area contributed by atoms with Crippen molar-refractivity contribution in [1.82, 2.24) is 10.6 Å². The molecule has 0 radical (unpaired) electrons. The van der Waals surface area contributed by atoms with Gasteiger partial charge in [-0.05, 0) is 31.9 Å². The van der Waals surface area contributed by atoms with Gasteiger partial charge in [-0.3, -0.25) is 4.79 Å². The smallest absolute Gasteiger partial charge is 0.221 e. The Bertz CT molecular complexity index is 237. The quantitative estimate of drug-likeness (QED) is 0.642. The zero-order chi connectivity index (χ0) is 10.7. The summed E-state index contributed by atoms with van der Waals surface area (Å²) in [5.41, 5.74) is 0. The molecule has 2 saturated carbocycles. The SMILES string of the molecule is CSC1(CNCCC(=O)NC2CC2)CC1. The molecule has 0 heterocycles. The Morgan fingerprint density at radius 3 is 2.73 bits per heavy atom. The molecule has 86 valence electrons. The molecule has 2 rings (SSSR count). The number of nitrogens with one attached hydrogen (secondary N) is 2. The normalized spacial score (nSPS) is 22.5. The molecule has 0 unspecified atom stereocenters. The summed E-state index contributed by atoms with van der Waals surface area (Å²) in [6.45, 7) is 1.88. The molecular weight excluding hydrogens is 208 g/mol. The van der Waals surface area contributed by atoms with E-state index in [0.29, 0.717) is 17.2 Å². The Kier molecular flexibility index (Phi) is 3.57. The van der Waals surface area contributed by atoms with E-state index in [1.54, 1.807) is 0 Å². The first-order valence-electron chi connectivity index (χ1n) is 5.79. The van der Waals surface area contributed by atoms with Crippen LogP contribution in [-0.2, 0) is 4.79 Å². The molecule has 0 bridgehead atoms. The largest absolute Gasteiger partial charge is 0.353 e. The van der Waals surface area contributed by atoms with Gasteiger partial charge in [0.25, 0.3) is 0 Å². The van der Waals surface area contributed by atoms with E-state index in [2.05, 4.69) is 16.9 Å². The summed E-state index contributed by atoms with van der Waals surface area (Å²) in [5, 5.41) is 6.38. The van der Waals surface area contributed by atoms with Gasteiger partial charge >= 0.3 is 0 Å². The maximum absolute atomic E-state index is 11.3. The fourth-order valence-electron chi connectivity index (χ4n) is 1.64. The van der Waals surface area contributed by atoms with Crippen LogP contribution in [0.2, 0.25) is 0 Å². The molecule has 2 aliphatic carbocycles. The van der Waals surface area contributed by atoms with Crippen molar-refractivity contribution in [3.63, 3.8) is 0 Å². The van der Waals surface area contributed by atoms with Gasteiger partial charge in [0.2, 0.25) is 5.91 Å². The van der Waals surface area contributed by atoms with Crippen molar-refractivity contribution in [1.29, 1.82) is 0 Å². The Morgan fingerprint density at radius 1 is 1.47 bits per heavy atom. The van der Waals surface area contributed by atoms with Gasteiger partial charge in [-0.25, -0.2) is 0 Å². The number of hydrogen-bond donors (Lipinski definition) is 2. The number of rotatable bonds is 7. The van der Waals surface area contributed by atoms with Crippen LogP contribution in [0.5, 0.6) is 0 Å². The summed E-state index contributed by atoms with van der Waals surface area (Å²) in [4.78, 5) is 11.3. The van der Waals surface area contributed by atoms with Crippen LogP contribution >= 0.6 is 11.8 Å². The highest BCUT2D eigenvalue weighted by Crippen LogP contribution is 2.46. The van der Waals surface area contributed by atoms with Gasteiger partial charge < -0.3 is 10.6 Å². The van der Waals surface area contributed by atoms with Gasteiger partial charge in [0, 0.05) is 30.3 Å². The van der Waals surface area contributed by atoms with Crippen molar-refractivity contribution in [3.05, 3.63) is 0 Å². The van der Waals surface area contributed by atoms with Gasteiger partial charge in [0.15, 0.2) is 0 Å². The molecule has 0 aromatic heterocycles. The summed E-state index contributed by atoms with van der Waals surface area (Å²) >= 11 is 1.95. The van der Waals surface area contributed by atoms with Gasteiger partial charge in [-0.15, -0.1) is 0 Å². The Morgan fingerprint density at radius 2 is 2.20 bits per heavy atom. The lowest BCUT2D eigenvalue weighted by atomic mass is 10.3. The van der Waals surface area contributed by atoms with Gasteiger partial charge in [0.1, 0.15) is 0 Å². The summed E-state index contributed by atoms with van der Waals surface area (Å²) < 4.78 is 0.507. The van der Waals surface area contributed by atoms with Crippen molar-refractivity contribution in [3.8, 4) is 0 Å². The van der Waals surface area contributed by atoms with Crippen LogP contribution < -0.4 is 10.6 Å². The number of hydrogen-bond acceptors (Lipinski definition) is 3. The zero-order valence-electron chi connectivity index (χ0n) is 9.34. The Balaban J connectivity index is 1.49. The van der Waals surface area contributed by atoms with Crippen molar-refractivity contribution in [2.24, 2.45) is 0 Å². The predicted octanol–water partition coefficient (Wildman–Crippen LogP) is 1.14. The molecule has 4 heteroatoms. The highest BCUT2D eigenvalue weighted by molar-refractivity contribution is 8.00. The summed E-state index contributed by atoms with van der Waals surface area (Å²) in [6, 6.07) is 0.499. The number of thioether (sulfide) groups is 1. The van der Waals surface area contributed by atoms with E-state index in [9.17, 15) is 4.79 Å². The molecule has 2 N–H and O–H groups in total. The average molecular weight is 228 g/mol. The second-order valence-corrected chi connectivity index (χ2v) is 5.93. The van der Waals surface area contributed by atoms with Gasteiger partial charge in [-0.2, -0.15) is 11.8 Å². The van der Waals surface area contributed by atoms with Crippen LogP contribution in [-0.4, -0.2) is 36.0 Å². The highest BCUT2D eigenvalue weighted by atomic mass is 32.2. The second kappa shape index (κ2) is 4.74. The lowest BCUT2D eigenvalue weighted by Crippen LogP contribution is -2.32. The van der Waals surface area contributed by atoms with E-state index in [-0.39, 0.29) is 5.91 Å². The fraction of sp³-hybridized carbons (Fsp3) is 0.909. The molecule has 0 aliphatic heterocycles. The molecule has 1 amide bonds. The lowest BCUT2D eigenvalue weighted by molar-refractivity contribution is -0.121. The zero-order valence-corrected chi connectivity index (χ0v) is 10.2. The highest BCUT2D eigenvalue weighted by Gasteiger charge is 2.41. The summed E-state index contributed by atoms with van der Waals surface area (Å²) in [7, 11) is 0. The second-order valence-electron chi connectivity index (χ2n) is 4.66. The molecule has 0 aromatic rings. The molecule has 15 heavy (non-hydrogen) atoms. The van der Waals surface area contributed by atoms with Crippen LogP contribution in [0.4, 0.5) is 0 Å². The number of amides is 1. The summed E-state index contributed by atoms with van der Waals surface area (Å²) in [5.74, 6) is 0.207. The van der Waals surface area contributed by atoms with Crippen LogP contribution in [0, 0.1) is 0 Å². The van der Waals surface area contributed by atoms with E-state index in [1.807, 2.05) is 11.8 Å². The molecule has 0 saturated heterocycles. The number of carbonyl (C=O) groups excluding carboxylic acids is 1. The van der Waals surface area contributed by atoms with E-state index < -0.39 is 0 Å². The first-order chi connectivity index (χ1) is 7.24. The van der Waals surface area contributed by atoms with Gasteiger partial charge in [-0.1, -0.05) is 0 Å². The minimum Gasteiger partial charge on any atom is -0.353 e. The minimum absolute atomic E-state index is 0.207. The maximum atomic E-state index is 11.3. The van der Waals surface area contributed by atoms with E-state index >= 15 is 0 Å². The van der Waals surface area contributed by atoms with Crippen molar-refractivity contribution in [2.45, 2.75) is 42.9 Å². The monoisotopic (exact) mass is 228 g/mol. The third kappa shape index (κ3) is 3.68. The summed E-state index contributed by atoms with van der Waals surface area (Å²) in [6.07, 6.45) is 7.81. The Labute approximate surface area is 95.8 Å². The molecular formula is C11H20N2OS. The first-order valence-corrected chi connectivity index (χ1v) is 7.02. The van der Waals surface area contributed by atoms with E-state index in [0.717, 1.165) is 13.1 Å². The van der Waals surface area contributed by atoms with Crippen molar-refractivity contribution < 1.29 is 4.79 Å². The standard InChI is InChI=1S/C11H20N2OS/c1-15-11(5-6-11)8-12-7-4-10(14)13-9-2-3-9/h9,12H,2-8H2,1H3,(H,13,14). The molecule has 0 aromatic carbocycles. The molecule has 0 atom stereocenters. The fourth-order valence-corrected chi connectivity index (χ4v) is 2.39. The average Bonchev–Trinajstić information content (AvgIpc) is 3.09. The maximum Gasteiger partial charge on any atom is 0.221 e. The predicted molar refractivity (Wildman–Crippen MR) is 64.1 cm³/mol. The molecule has 3 nitrogen and oxygen atoms in total.